The second-order valence-electron chi connectivity index (χ2n) is 7.53. The van der Waals surface area contributed by atoms with Crippen molar-refractivity contribution in [3.05, 3.63) is 40.2 Å². The van der Waals surface area contributed by atoms with Crippen LogP contribution in [0, 0.1) is 0 Å². The van der Waals surface area contributed by atoms with Crippen LogP contribution in [-0.4, -0.2) is 54.4 Å². The highest BCUT2D eigenvalue weighted by Gasteiger charge is 2.39. The molecule has 0 spiro atoms. The quantitative estimate of drug-likeness (QED) is 0.222. The molecule has 0 atom stereocenters. The van der Waals surface area contributed by atoms with E-state index >= 15 is 0 Å². The number of nitrogens with one attached hydrogen (secondary N) is 1. The molecule has 10 heteroatoms. The summed E-state index contributed by atoms with van der Waals surface area (Å²) >= 11 is 0. The lowest BCUT2D eigenvalue weighted by Crippen LogP contribution is -2.46. The molecule has 9 nitrogen and oxygen atoms in total. The third-order valence-corrected chi connectivity index (χ3v) is 8.47. The second-order valence-corrected chi connectivity index (χ2v) is 10.3. The fourth-order valence-corrected chi connectivity index (χ4v) is 6.43. The summed E-state index contributed by atoms with van der Waals surface area (Å²) in [6.45, 7) is 13.5. The predicted octanol–water partition coefficient (Wildman–Crippen LogP) is 4.30. The molecule has 0 aliphatic carbocycles. The summed E-state index contributed by atoms with van der Waals surface area (Å²) < 4.78 is 28.2. The normalized spacial score (nSPS) is 11.6. The van der Waals surface area contributed by atoms with E-state index in [1.807, 2.05) is 39.0 Å². The SMILES string of the molecule is CCO[Si](CCCNC(=O)OCc1cc(=O)oc2cc(N(CC)CC)ccc12)(OCC)OCC. The third-order valence-electron chi connectivity index (χ3n) is 5.32. The highest BCUT2D eigenvalue weighted by Crippen LogP contribution is 2.24. The number of rotatable bonds is 15. The molecule has 0 radical (unpaired) electrons. The van der Waals surface area contributed by atoms with Crippen molar-refractivity contribution in [1.82, 2.24) is 5.32 Å². The number of carbonyl (C=O) groups is 1. The Hall–Kier alpha value is -2.40. The molecule has 0 fully saturated rings. The van der Waals surface area contributed by atoms with Crippen LogP contribution in [0.25, 0.3) is 11.0 Å². The van der Waals surface area contributed by atoms with Crippen molar-refractivity contribution < 1.29 is 27.2 Å². The van der Waals surface area contributed by atoms with Crippen LogP contribution in [0.15, 0.2) is 33.5 Å². The summed E-state index contributed by atoms with van der Waals surface area (Å²) in [4.78, 5) is 26.5. The average molecular weight is 495 g/mol. The molecule has 2 aromatic rings. The van der Waals surface area contributed by atoms with Gasteiger partial charge in [0.2, 0.25) is 0 Å². The fourth-order valence-electron chi connectivity index (χ4n) is 3.81. The number of nitrogens with zero attached hydrogens (tertiary/aromatic N) is 1. The molecule has 1 aromatic carbocycles. The van der Waals surface area contributed by atoms with Crippen LogP contribution in [0.5, 0.6) is 0 Å². The van der Waals surface area contributed by atoms with Crippen molar-refractivity contribution in [3.63, 3.8) is 0 Å². The monoisotopic (exact) mass is 494 g/mol. The average Bonchev–Trinajstić information content (AvgIpc) is 2.81. The first-order valence-electron chi connectivity index (χ1n) is 12.1. The van der Waals surface area contributed by atoms with E-state index in [0.29, 0.717) is 50.0 Å². The van der Waals surface area contributed by atoms with Crippen LogP contribution < -0.4 is 15.8 Å². The molecule has 1 heterocycles. The van der Waals surface area contributed by atoms with E-state index in [1.165, 1.54) is 6.07 Å². The first-order valence-corrected chi connectivity index (χ1v) is 14.0. The van der Waals surface area contributed by atoms with Gasteiger partial charge in [-0.05, 0) is 53.2 Å². The summed E-state index contributed by atoms with van der Waals surface area (Å²) in [5.74, 6) is 0. The summed E-state index contributed by atoms with van der Waals surface area (Å²) in [6.07, 6.45) is 0.0745. The van der Waals surface area contributed by atoms with Gasteiger partial charge in [-0.2, -0.15) is 0 Å². The van der Waals surface area contributed by atoms with Gasteiger partial charge in [0.25, 0.3) is 0 Å². The molecule has 1 N–H and O–H groups in total. The molecule has 0 aliphatic rings. The molecule has 0 bridgehead atoms. The number of fused-ring (bicyclic) bond motifs is 1. The summed E-state index contributed by atoms with van der Waals surface area (Å²) in [5, 5.41) is 3.48. The standard InChI is InChI=1S/C24H38N2O7Si/c1-6-26(7-2)20-12-13-21-19(16-23(27)33-22(21)17-20)18-29-24(28)25-14-11-15-34(30-8-3,31-9-4)32-10-5/h12-13,16-17H,6-11,14-15,18H2,1-5H3,(H,25,28). The number of ether oxygens (including phenoxy) is 1. The Labute approximate surface area is 202 Å². The number of anilines is 1. The van der Waals surface area contributed by atoms with Crippen LogP contribution in [0.3, 0.4) is 0 Å². The Bertz CT molecular complexity index is 945. The maximum Gasteiger partial charge on any atom is 0.500 e. The lowest BCUT2D eigenvalue weighted by atomic mass is 10.1. The van der Waals surface area contributed by atoms with Crippen LogP contribution in [0.1, 0.15) is 46.6 Å². The van der Waals surface area contributed by atoms with Crippen molar-refractivity contribution in [2.75, 3.05) is 44.4 Å². The minimum Gasteiger partial charge on any atom is -0.445 e. The van der Waals surface area contributed by atoms with Crippen molar-refractivity contribution >= 4 is 31.6 Å². The van der Waals surface area contributed by atoms with E-state index in [0.717, 1.165) is 24.2 Å². The maximum atomic E-state index is 12.2. The van der Waals surface area contributed by atoms with Crippen molar-refractivity contribution in [2.45, 2.75) is 53.7 Å². The fraction of sp³-hybridized carbons (Fsp3) is 0.583. The maximum absolute atomic E-state index is 12.2. The molecule has 0 saturated heterocycles. The van der Waals surface area contributed by atoms with E-state index in [-0.39, 0.29) is 6.61 Å². The lowest BCUT2D eigenvalue weighted by Gasteiger charge is -2.28. The minimum absolute atomic E-state index is 0.0337. The molecule has 0 aliphatic heterocycles. The van der Waals surface area contributed by atoms with Gasteiger partial charge in [0.15, 0.2) is 0 Å². The van der Waals surface area contributed by atoms with E-state index in [1.54, 1.807) is 0 Å². The van der Waals surface area contributed by atoms with Gasteiger partial charge in [-0.15, -0.1) is 0 Å². The Kier molecular flexibility index (Phi) is 11.5. The zero-order chi connectivity index (χ0) is 25.0. The predicted molar refractivity (Wildman–Crippen MR) is 134 cm³/mol. The van der Waals surface area contributed by atoms with E-state index in [9.17, 15) is 9.59 Å². The number of alkyl carbamates (subject to hydrolysis) is 1. The van der Waals surface area contributed by atoms with Gasteiger partial charge in [0, 0.05) is 74.3 Å². The molecule has 190 valence electrons. The Morgan fingerprint density at radius 3 is 2.24 bits per heavy atom. The molecular formula is C24H38N2O7Si. The highest BCUT2D eigenvalue weighted by molar-refractivity contribution is 6.60. The second kappa shape index (κ2) is 14.1. The molecule has 2 rings (SSSR count). The lowest BCUT2D eigenvalue weighted by molar-refractivity contribution is 0.0706. The Morgan fingerprint density at radius 2 is 1.65 bits per heavy atom. The largest absolute Gasteiger partial charge is 0.500 e. The van der Waals surface area contributed by atoms with E-state index in [4.69, 9.17) is 22.4 Å². The van der Waals surface area contributed by atoms with Gasteiger partial charge in [-0.1, -0.05) is 0 Å². The number of hydrogen-bond donors (Lipinski definition) is 1. The van der Waals surface area contributed by atoms with Crippen molar-refractivity contribution in [1.29, 1.82) is 0 Å². The summed E-state index contributed by atoms with van der Waals surface area (Å²) in [7, 11) is -2.73. The van der Waals surface area contributed by atoms with E-state index < -0.39 is 20.5 Å². The highest BCUT2D eigenvalue weighted by atomic mass is 28.4. The number of hydrogen-bond acceptors (Lipinski definition) is 8. The first kappa shape index (κ1) is 27.8. The van der Waals surface area contributed by atoms with Gasteiger partial charge in [-0.3, -0.25) is 0 Å². The smallest absolute Gasteiger partial charge is 0.445 e. The van der Waals surface area contributed by atoms with Crippen LogP contribution in [0.4, 0.5) is 10.5 Å². The van der Waals surface area contributed by atoms with Crippen molar-refractivity contribution in [3.8, 4) is 0 Å². The van der Waals surface area contributed by atoms with Crippen LogP contribution in [-0.2, 0) is 24.6 Å². The summed E-state index contributed by atoms with van der Waals surface area (Å²) in [6, 6.07) is 7.67. The number of carbonyl (C=O) groups excluding carboxylic acids is 1. The van der Waals surface area contributed by atoms with Crippen LogP contribution >= 0.6 is 0 Å². The van der Waals surface area contributed by atoms with Gasteiger partial charge in [-0.25, -0.2) is 9.59 Å². The Morgan fingerprint density at radius 1 is 1.00 bits per heavy atom. The molecule has 1 amide bonds. The van der Waals surface area contributed by atoms with Gasteiger partial charge >= 0.3 is 20.5 Å². The van der Waals surface area contributed by atoms with Gasteiger partial charge < -0.3 is 32.6 Å². The van der Waals surface area contributed by atoms with Gasteiger partial charge in [0.1, 0.15) is 12.2 Å². The van der Waals surface area contributed by atoms with Gasteiger partial charge in [0.05, 0.1) is 0 Å². The van der Waals surface area contributed by atoms with Crippen molar-refractivity contribution in [2.24, 2.45) is 0 Å². The third kappa shape index (κ3) is 7.83. The minimum atomic E-state index is -2.73. The zero-order valence-corrected chi connectivity index (χ0v) is 22.0. The number of amides is 1. The summed E-state index contributed by atoms with van der Waals surface area (Å²) in [5.41, 5.74) is 1.57. The van der Waals surface area contributed by atoms with Crippen LogP contribution in [0.2, 0.25) is 6.04 Å². The molecule has 0 unspecified atom stereocenters. The first-order chi connectivity index (χ1) is 16.4. The molecule has 1 aromatic heterocycles. The Balaban J connectivity index is 1.95. The molecule has 34 heavy (non-hydrogen) atoms. The molecule has 0 saturated carbocycles. The van der Waals surface area contributed by atoms with E-state index in [2.05, 4.69) is 24.1 Å². The number of benzene rings is 1. The zero-order valence-electron chi connectivity index (χ0n) is 21.0. The topological polar surface area (TPSA) is 99.5 Å². The molecular weight excluding hydrogens is 456 g/mol.